The minimum Gasteiger partial charge on any atom is -0.383 e. The van der Waals surface area contributed by atoms with Crippen molar-refractivity contribution in [1.82, 2.24) is 9.97 Å². The molecule has 3 N–H and O–H groups in total. The highest BCUT2D eigenvalue weighted by molar-refractivity contribution is 7.18. The highest BCUT2D eigenvalue weighted by Gasteiger charge is 2.07. The molecule has 2 rings (SSSR count). The SMILES string of the molecule is CCc1cc2c(N)nc(NC)nc2s1. The number of fused-ring (bicyclic) bond motifs is 1. The lowest BCUT2D eigenvalue weighted by Gasteiger charge is -1.99. The number of nitrogens with one attached hydrogen (secondary N) is 1. The van der Waals surface area contributed by atoms with Crippen molar-refractivity contribution in [2.45, 2.75) is 13.3 Å². The average Bonchev–Trinajstić information content (AvgIpc) is 2.61. The van der Waals surface area contributed by atoms with Crippen LogP contribution in [0.15, 0.2) is 6.07 Å². The molecule has 0 fully saturated rings. The van der Waals surface area contributed by atoms with Gasteiger partial charge in [0.15, 0.2) is 0 Å². The van der Waals surface area contributed by atoms with Gasteiger partial charge in [-0.05, 0) is 12.5 Å². The molecule has 0 aliphatic carbocycles. The normalized spacial score (nSPS) is 10.7. The lowest BCUT2D eigenvalue weighted by Crippen LogP contribution is -1.99. The molecule has 0 saturated carbocycles. The van der Waals surface area contributed by atoms with Gasteiger partial charge in [0.2, 0.25) is 5.95 Å². The summed E-state index contributed by atoms with van der Waals surface area (Å²) in [4.78, 5) is 10.7. The van der Waals surface area contributed by atoms with Crippen LogP contribution in [-0.4, -0.2) is 17.0 Å². The van der Waals surface area contributed by atoms with E-state index < -0.39 is 0 Å². The number of nitrogens with zero attached hydrogens (tertiary/aromatic N) is 2. The Balaban J connectivity index is 2.67. The number of anilines is 2. The van der Waals surface area contributed by atoms with E-state index in [1.165, 1.54) is 4.88 Å². The van der Waals surface area contributed by atoms with Crippen molar-refractivity contribution in [3.63, 3.8) is 0 Å². The molecule has 0 saturated heterocycles. The molecule has 4 nitrogen and oxygen atoms in total. The van der Waals surface area contributed by atoms with Crippen LogP contribution in [0.1, 0.15) is 11.8 Å². The lowest BCUT2D eigenvalue weighted by atomic mass is 10.3. The number of rotatable bonds is 2. The predicted octanol–water partition coefficient (Wildman–Crippen LogP) is 1.88. The third-order valence-corrected chi connectivity index (χ3v) is 3.22. The molecule has 0 aliphatic rings. The molecule has 0 bridgehead atoms. The second kappa shape index (κ2) is 3.42. The molecule has 2 aromatic heterocycles. The Kier molecular flexibility index (Phi) is 2.25. The van der Waals surface area contributed by atoms with Gasteiger partial charge in [-0.2, -0.15) is 4.98 Å². The van der Waals surface area contributed by atoms with Crippen LogP contribution in [0.5, 0.6) is 0 Å². The maximum Gasteiger partial charge on any atom is 0.225 e. The fraction of sp³-hybridized carbons (Fsp3) is 0.333. The standard InChI is InChI=1S/C9H12N4S/c1-3-5-4-6-7(10)12-9(11-2)13-8(6)14-5/h4H,3H2,1-2H3,(H3,10,11,12,13). The summed E-state index contributed by atoms with van der Waals surface area (Å²) >= 11 is 1.67. The van der Waals surface area contributed by atoms with Gasteiger partial charge >= 0.3 is 0 Å². The van der Waals surface area contributed by atoms with Crippen LogP contribution in [-0.2, 0) is 6.42 Å². The zero-order chi connectivity index (χ0) is 10.1. The number of nitrogens with two attached hydrogens (primary N) is 1. The molecular weight excluding hydrogens is 196 g/mol. The Labute approximate surface area is 86.2 Å². The van der Waals surface area contributed by atoms with E-state index in [-0.39, 0.29) is 0 Å². The maximum absolute atomic E-state index is 5.82. The van der Waals surface area contributed by atoms with Gasteiger partial charge in [-0.25, -0.2) is 4.98 Å². The molecule has 2 heterocycles. The average molecular weight is 208 g/mol. The monoisotopic (exact) mass is 208 g/mol. The zero-order valence-electron chi connectivity index (χ0n) is 8.16. The largest absolute Gasteiger partial charge is 0.383 e. The fourth-order valence-electron chi connectivity index (χ4n) is 1.28. The van der Waals surface area contributed by atoms with Crippen molar-refractivity contribution in [3.05, 3.63) is 10.9 Å². The molecule has 5 heteroatoms. The number of hydrogen-bond acceptors (Lipinski definition) is 5. The van der Waals surface area contributed by atoms with Crippen LogP contribution in [0, 0.1) is 0 Å². The Morgan fingerprint density at radius 1 is 1.50 bits per heavy atom. The predicted molar refractivity (Wildman–Crippen MR) is 60.8 cm³/mol. The van der Waals surface area contributed by atoms with Crippen molar-refractivity contribution >= 4 is 33.3 Å². The van der Waals surface area contributed by atoms with Gasteiger partial charge < -0.3 is 11.1 Å². The molecule has 0 aliphatic heterocycles. The van der Waals surface area contributed by atoms with Crippen molar-refractivity contribution in [3.8, 4) is 0 Å². The van der Waals surface area contributed by atoms with Crippen LogP contribution < -0.4 is 11.1 Å². The zero-order valence-corrected chi connectivity index (χ0v) is 8.98. The third-order valence-electron chi connectivity index (χ3n) is 2.05. The second-order valence-electron chi connectivity index (χ2n) is 2.97. The molecule has 14 heavy (non-hydrogen) atoms. The first-order valence-corrected chi connectivity index (χ1v) is 5.30. The summed E-state index contributed by atoms with van der Waals surface area (Å²) in [6.45, 7) is 2.12. The molecule has 0 unspecified atom stereocenters. The van der Waals surface area contributed by atoms with Gasteiger partial charge in [0.1, 0.15) is 10.6 Å². The van der Waals surface area contributed by atoms with Gasteiger partial charge in [0.25, 0.3) is 0 Å². The van der Waals surface area contributed by atoms with Crippen molar-refractivity contribution in [2.24, 2.45) is 0 Å². The number of hydrogen-bond donors (Lipinski definition) is 2. The van der Waals surface area contributed by atoms with Crippen molar-refractivity contribution in [2.75, 3.05) is 18.1 Å². The maximum atomic E-state index is 5.82. The summed E-state index contributed by atoms with van der Waals surface area (Å²) in [5.74, 6) is 1.13. The number of nitrogen functional groups attached to an aromatic ring is 1. The fourth-order valence-corrected chi connectivity index (χ4v) is 2.25. The number of aryl methyl sites for hydroxylation is 1. The van der Waals surface area contributed by atoms with E-state index >= 15 is 0 Å². The molecular formula is C9H12N4S. The van der Waals surface area contributed by atoms with Gasteiger partial charge in [-0.3, -0.25) is 0 Å². The van der Waals surface area contributed by atoms with E-state index in [4.69, 9.17) is 5.73 Å². The van der Waals surface area contributed by atoms with E-state index in [0.717, 1.165) is 16.6 Å². The summed E-state index contributed by atoms with van der Waals surface area (Å²) in [7, 11) is 1.79. The van der Waals surface area contributed by atoms with E-state index in [1.54, 1.807) is 18.4 Å². The topological polar surface area (TPSA) is 63.8 Å². The molecule has 0 radical (unpaired) electrons. The van der Waals surface area contributed by atoms with Crippen molar-refractivity contribution < 1.29 is 0 Å². The highest BCUT2D eigenvalue weighted by atomic mass is 32.1. The third kappa shape index (κ3) is 1.39. The van der Waals surface area contributed by atoms with Crippen LogP contribution in [0.3, 0.4) is 0 Å². The Bertz CT molecular complexity index is 463. The second-order valence-corrected chi connectivity index (χ2v) is 4.08. The lowest BCUT2D eigenvalue weighted by molar-refractivity contribution is 1.19. The smallest absolute Gasteiger partial charge is 0.225 e. The Hall–Kier alpha value is -1.36. The number of thiophene rings is 1. The first-order valence-electron chi connectivity index (χ1n) is 4.48. The summed E-state index contributed by atoms with van der Waals surface area (Å²) < 4.78 is 0. The van der Waals surface area contributed by atoms with Crippen LogP contribution in [0.4, 0.5) is 11.8 Å². The summed E-state index contributed by atoms with van der Waals surface area (Å²) in [5.41, 5.74) is 5.82. The van der Waals surface area contributed by atoms with E-state index in [2.05, 4.69) is 28.3 Å². The van der Waals surface area contributed by atoms with Gasteiger partial charge in [0, 0.05) is 11.9 Å². The molecule has 0 amide bonds. The van der Waals surface area contributed by atoms with E-state index in [0.29, 0.717) is 11.8 Å². The van der Waals surface area contributed by atoms with Crippen LogP contribution in [0.2, 0.25) is 0 Å². The Morgan fingerprint density at radius 3 is 2.93 bits per heavy atom. The summed E-state index contributed by atoms with van der Waals surface area (Å²) in [6.07, 6.45) is 1.01. The number of aromatic nitrogens is 2. The molecule has 0 atom stereocenters. The molecule has 0 aromatic carbocycles. The molecule has 74 valence electrons. The van der Waals surface area contributed by atoms with Crippen LogP contribution in [0.25, 0.3) is 10.2 Å². The first kappa shape index (κ1) is 9.21. The van der Waals surface area contributed by atoms with E-state index in [1.807, 2.05) is 0 Å². The highest BCUT2D eigenvalue weighted by Crippen LogP contribution is 2.28. The molecule has 0 spiro atoms. The quantitative estimate of drug-likeness (QED) is 0.791. The summed E-state index contributed by atoms with van der Waals surface area (Å²) in [5, 5.41) is 3.86. The van der Waals surface area contributed by atoms with Crippen molar-refractivity contribution in [1.29, 1.82) is 0 Å². The van der Waals surface area contributed by atoms with Crippen LogP contribution >= 0.6 is 11.3 Å². The van der Waals surface area contributed by atoms with Gasteiger partial charge in [0.05, 0.1) is 5.39 Å². The van der Waals surface area contributed by atoms with E-state index in [9.17, 15) is 0 Å². The Morgan fingerprint density at radius 2 is 2.29 bits per heavy atom. The van der Waals surface area contributed by atoms with Gasteiger partial charge in [-0.1, -0.05) is 6.92 Å². The molecule has 2 aromatic rings. The first-order chi connectivity index (χ1) is 6.74. The minimum atomic E-state index is 0.551. The van der Waals surface area contributed by atoms with Gasteiger partial charge in [-0.15, -0.1) is 11.3 Å². The summed E-state index contributed by atoms with van der Waals surface area (Å²) in [6, 6.07) is 2.06. The minimum absolute atomic E-state index is 0.551.